The molecule has 0 aliphatic carbocycles. The van der Waals surface area contributed by atoms with E-state index in [1.807, 2.05) is 24.3 Å². The first-order chi connectivity index (χ1) is 13.9. The van der Waals surface area contributed by atoms with Crippen LogP contribution in [0.2, 0.25) is 0 Å². The molecule has 0 atom stereocenters. The third kappa shape index (κ3) is 5.10. The number of hydrogen-bond donors (Lipinski definition) is 1. The molecule has 2 aromatic carbocycles. The second kappa shape index (κ2) is 9.02. The second-order valence-electron chi connectivity index (χ2n) is 6.28. The van der Waals surface area contributed by atoms with Crippen LogP contribution in [0.5, 0.6) is 0 Å². The van der Waals surface area contributed by atoms with E-state index in [1.54, 1.807) is 6.08 Å². The number of carboxylic acids is 1. The van der Waals surface area contributed by atoms with E-state index in [2.05, 4.69) is 12.2 Å². The summed E-state index contributed by atoms with van der Waals surface area (Å²) in [4.78, 5) is 37.4. The lowest BCUT2D eigenvalue weighted by Gasteiger charge is -2.14. The number of carbonyl (C=O) groups is 3. The normalized spacial score (nSPS) is 15.1. The van der Waals surface area contributed by atoms with Gasteiger partial charge in [0.25, 0.3) is 5.91 Å². The van der Waals surface area contributed by atoms with E-state index in [9.17, 15) is 19.5 Å². The number of amides is 2. The Morgan fingerprint density at radius 1 is 1.14 bits per heavy atom. The van der Waals surface area contributed by atoms with Gasteiger partial charge in [-0.1, -0.05) is 67.3 Å². The highest BCUT2D eigenvalue weighted by molar-refractivity contribution is 8.26. The predicted molar refractivity (Wildman–Crippen MR) is 115 cm³/mol. The highest BCUT2D eigenvalue weighted by atomic mass is 32.2. The van der Waals surface area contributed by atoms with E-state index in [-0.39, 0.29) is 18.0 Å². The maximum Gasteiger partial charge on any atom is 0.266 e. The Morgan fingerprint density at radius 3 is 2.38 bits per heavy atom. The van der Waals surface area contributed by atoms with Crippen LogP contribution >= 0.6 is 24.0 Å². The second-order valence-corrected chi connectivity index (χ2v) is 7.95. The van der Waals surface area contributed by atoms with Gasteiger partial charge in [0.05, 0.1) is 10.9 Å². The first-order valence-corrected chi connectivity index (χ1v) is 10.1. The molecule has 0 aromatic heterocycles. The molecule has 0 unspecified atom stereocenters. The Hall–Kier alpha value is -2.97. The van der Waals surface area contributed by atoms with Crippen LogP contribution in [-0.4, -0.2) is 33.5 Å². The summed E-state index contributed by atoms with van der Waals surface area (Å²) in [6.45, 7) is 1.85. The van der Waals surface area contributed by atoms with Gasteiger partial charge >= 0.3 is 0 Å². The number of thioether (sulfide) groups is 1. The molecule has 0 spiro atoms. The minimum atomic E-state index is -1.29. The lowest BCUT2D eigenvalue weighted by atomic mass is 10.1. The van der Waals surface area contributed by atoms with Crippen molar-refractivity contribution in [2.75, 3.05) is 11.9 Å². The van der Waals surface area contributed by atoms with E-state index in [0.717, 1.165) is 23.7 Å². The fourth-order valence-electron chi connectivity index (χ4n) is 2.67. The average Bonchev–Trinajstić information content (AvgIpc) is 2.96. The van der Waals surface area contributed by atoms with Crippen LogP contribution in [0, 0.1) is 0 Å². The van der Waals surface area contributed by atoms with Gasteiger partial charge in [0.1, 0.15) is 10.9 Å². The monoisotopic (exact) mass is 425 g/mol. The van der Waals surface area contributed by atoms with Crippen LogP contribution in [0.25, 0.3) is 6.08 Å². The molecule has 3 rings (SSSR count). The highest BCUT2D eigenvalue weighted by Gasteiger charge is 2.33. The zero-order chi connectivity index (χ0) is 21.0. The van der Waals surface area contributed by atoms with Crippen LogP contribution in [-0.2, 0) is 16.0 Å². The third-order valence-electron chi connectivity index (χ3n) is 4.27. The standard InChI is InChI=1S/C21H18N2O4S2/c1-2-13-3-5-14(6-4-13)11-17-19(25)23(21(28)29-17)12-18(24)22-16-9-7-15(8-10-16)20(26)27/h3-11H,2,12H2,1H3,(H,22,24)(H,26,27)/p-1/b17-11+. The van der Waals surface area contributed by atoms with Gasteiger partial charge in [-0.25, -0.2) is 0 Å². The fourth-order valence-corrected chi connectivity index (χ4v) is 3.93. The Kier molecular flexibility index (Phi) is 6.46. The van der Waals surface area contributed by atoms with Crippen molar-refractivity contribution in [1.82, 2.24) is 4.90 Å². The topological polar surface area (TPSA) is 89.5 Å². The number of rotatable bonds is 6. The number of hydrogen-bond acceptors (Lipinski definition) is 6. The van der Waals surface area contributed by atoms with Crippen molar-refractivity contribution < 1.29 is 19.5 Å². The zero-order valence-corrected chi connectivity index (χ0v) is 17.1. The Bertz CT molecular complexity index is 998. The molecule has 6 nitrogen and oxygen atoms in total. The summed E-state index contributed by atoms with van der Waals surface area (Å²) in [6.07, 6.45) is 2.70. The number of aryl methyl sites for hydroxylation is 1. The first-order valence-electron chi connectivity index (χ1n) is 8.83. The summed E-state index contributed by atoms with van der Waals surface area (Å²) in [5, 5.41) is 13.4. The molecule has 1 heterocycles. The number of nitrogens with zero attached hydrogens (tertiary/aromatic N) is 1. The SMILES string of the molecule is CCc1ccc(/C=C2/SC(=S)N(CC(=O)Nc3ccc(C(=O)[O-])cc3)C2=O)cc1. The Morgan fingerprint density at radius 2 is 1.79 bits per heavy atom. The number of thiocarbonyl (C=S) groups is 1. The van der Waals surface area contributed by atoms with Crippen LogP contribution in [0.15, 0.2) is 53.4 Å². The van der Waals surface area contributed by atoms with E-state index >= 15 is 0 Å². The molecule has 1 aliphatic heterocycles. The molecule has 148 valence electrons. The number of carboxylic acid groups (broad SMARTS) is 1. The molecule has 8 heteroatoms. The molecule has 1 N–H and O–H groups in total. The first kappa shape index (κ1) is 20.8. The molecule has 0 saturated carbocycles. The van der Waals surface area contributed by atoms with Gasteiger partial charge in [0.15, 0.2) is 0 Å². The maximum absolute atomic E-state index is 12.6. The molecular formula is C21H17N2O4S2-. The van der Waals surface area contributed by atoms with Gasteiger partial charge in [0.2, 0.25) is 5.91 Å². The average molecular weight is 426 g/mol. The van der Waals surface area contributed by atoms with Crippen molar-refractivity contribution >= 4 is 57.8 Å². The summed E-state index contributed by atoms with van der Waals surface area (Å²) in [7, 11) is 0. The summed E-state index contributed by atoms with van der Waals surface area (Å²) in [5.74, 6) is -2.05. The van der Waals surface area contributed by atoms with E-state index in [4.69, 9.17) is 12.2 Å². The van der Waals surface area contributed by atoms with Crippen molar-refractivity contribution in [3.05, 3.63) is 70.1 Å². The Labute approximate surface area is 177 Å². The number of nitrogens with one attached hydrogen (secondary N) is 1. The molecule has 2 amide bonds. The van der Waals surface area contributed by atoms with Gasteiger partial charge < -0.3 is 15.2 Å². The van der Waals surface area contributed by atoms with E-state index in [1.165, 1.54) is 34.7 Å². The summed E-state index contributed by atoms with van der Waals surface area (Å²) >= 11 is 6.41. The van der Waals surface area contributed by atoms with Crippen molar-refractivity contribution in [3.63, 3.8) is 0 Å². The predicted octanol–water partition coefficient (Wildman–Crippen LogP) is 2.45. The van der Waals surface area contributed by atoms with Gasteiger partial charge in [0, 0.05) is 5.69 Å². The molecule has 1 saturated heterocycles. The van der Waals surface area contributed by atoms with Gasteiger partial charge in [-0.2, -0.15) is 0 Å². The van der Waals surface area contributed by atoms with Crippen molar-refractivity contribution in [3.8, 4) is 0 Å². The maximum atomic E-state index is 12.6. The summed E-state index contributed by atoms with van der Waals surface area (Å²) in [6, 6.07) is 13.5. The van der Waals surface area contributed by atoms with E-state index < -0.39 is 11.9 Å². The van der Waals surface area contributed by atoms with Crippen molar-refractivity contribution in [1.29, 1.82) is 0 Å². The number of benzene rings is 2. The molecular weight excluding hydrogens is 408 g/mol. The molecule has 29 heavy (non-hydrogen) atoms. The van der Waals surface area contributed by atoms with Gasteiger partial charge in [-0.05, 0) is 41.3 Å². The number of carbonyl (C=O) groups excluding carboxylic acids is 3. The summed E-state index contributed by atoms with van der Waals surface area (Å²) in [5.41, 5.74) is 2.52. The van der Waals surface area contributed by atoms with Crippen molar-refractivity contribution in [2.45, 2.75) is 13.3 Å². The minimum absolute atomic E-state index is 0.0112. The van der Waals surface area contributed by atoms with Crippen LogP contribution < -0.4 is 10.4 Å². The Balaban J connectivity index is 1.65. The lowest BCUT2D eigenvalue weighted by molar-refractivity contribution is -0.255. The van der Waals surface area contributed by atoms with Gasteiger partial charge in [-0.3, -0.25) is 14.5 Å². The third-order valence-corrected chi connectivity index (χ3v) is 5.64. The molecule has 1 fully saturated rings. The van der Waals surface area contributed by atoms with Crippen LogP contribution in [0.4, 0.5) is 5.69 Å². The minimum Gasteiger partial charge on any atom is -0.545 e. The molecule has 2 aromatic rings. The quantitative estimate of drug-likeness (QED) is 0.565. The molecule has 0 radical (unpaired) electrons. The molecule has 1 aliphatic rings. The molecule has 0 bridgehead atoms. The number of anilines is 1. The number of aromatic carboxylic acids is 1. The zero-order valence-electron chi connectivity index (χ0n) is 15.5. The van der Waals surface area contributed by atoms with Crippen LogP contribution in [0.3, 0.4) is 0 Å². The highest BCUT2D eigenvalue weighted by Crippen LogP contribution is 2.32. The fraction of sp³-hybridized carbons (Fsp3) is 0.143. The van der Waals surface area contributed by atoms with E-state index in [0.29, 0.717) is 14.9 Å². The van der Waals surface area contributed by atoms with Crippen LogP contribution in [0.1, 0.15) is 28.4 Å². The lowest BCUT2D eigenvalue weighted by Crippen LogP contribution is -2.36. The largest absolute Gasteiger partial charge is 0.545 e. The van der Waals surface area contributed by atoms with Crippen molar-refractivity contribution in [2.24, 2.45) is 0 Å². The summed E-state index contributed by atoms with van der Waals surface area (Å²) < 4.78 is 0.314. The van der Waals surface area contributed by atoms with Gasteiger partial charge in [-0.15, -0.1) is 0 Å². The smallest absolute Gasteiger partial charge is 0.266 e.